The molecule has 2 aromatic carbocycles. The van der Waals surface area contributed by atoms with Gasteiger partial charge in [0.2, 0.25) is 5.78 Å². The van der Waals surface area contributed by atoms with Crippen molar-refractivity contribution in [2.24, 2.45) is 0 Å². The van der Waals surface area contributed by atoms with Crippen molar-refractivity contribution in [2.75, 3.05) is 0 Å². The van der Waals surface area contributed by atoms with Gasteiger partial charge in [-0.2, -0.15) is 8.78 Å². The van der Waals surface area contributed by atoms with Crippen molar-refractivity contribution in [1.29, 1.82) is 0 Å². The topological polar surface area (TPSA) is 37.3 Å². The standard InChI is InChI=1S/C15H10Cl2F2O2/c16-10-6-7-11(12(17)8-10)14(21)15(18,19)13(20)9-4-2-1-3-5-9/h1-8,14,21H. The Labute approximate surface area is 129 Å². The molecule has 110 valence electrons. The van der Waals surface area contributed by atoms with E-state index in [0.717, 1.165) is 0 Å². The van der Waals surface area contributed by atoms with Crippen LogP contribution in [0.5, 0.6) is 0 Å². The van der Waals surface area contributed by atoms with Crippen LogP contribution < -0.4 is 0 Å². The average Bonchev–Trinajstić information content (AvgIpc) is 2.46. The van der Waals surface area contributed by atoms with E-state index in [0.29, 0.717) is 0 Å². The molecule has 0 bridgehead atoms. The molecule has 2 rings (SSSR count). The first-order valence-electron chi connectivity index (χ1n) is 5.94. The van der Waals surface area contributed by atoms with E-state index in [1.807, 2.05) is 0 Å². The van der Waals surface area contributed by atoms with Crippen molar-refractivity contribution in [1.82, 2.24) is 0 Å². The number of Topliss-reactive ketones (excluding diaryl/α,β-unsaturated/α-hetero) is 1. The van der Waals surface area contributed by atoms with Gasteiger partial charge in [-0.1, -0.05) is 59.6 Å². The van der Waals surface area contributed by atoms with E-state index in [2.05, 4.69) is 0 Å². The molecule has 0 amide bonds. The molecule has 1 N–H and O–H groups in total. The predicted molar refractivity (Wildman–Crippen MR) is 77.1 cm³/mol. The lowest BCUT2D eigenvalue weighted by Crippen LogP contribution is -2.36. The van der Waals surface area contributed by atoms with Crippen LogP contribution in [-0.4, -0.2) is 16.8 Å². The number of hydrogen-bond donors (Lipinski definition) is 1. The molecule has 0 heterocycles. The minimum absolute atomic E-state index is 0.129. The van der Waals surface area contributed by atoms with Gasteiger partial charge in [0.05, 0.1) is 0 Å². The number of alkyl halides is 2. The number of rotatable bonds is 4. The Morgan fingerprint density at radius 1 is 1.10 bits per heavy atom. The third-order valence-corrected chi connectivity index (χ3v) is 3.50. The fourth-order valence-electron chi connectivity index (χ4n) is 1.82. The number of halogens is 4. The smallest absolute Gasteiger partial charge is 0.339 e. The van der Waals surface area contributed by atoms with Crippen LogP contribution in [0.1, 0.15) is 22.0 Å². The third kappa shape index (κ3) is 3.23. The predicted octanol–water partition coefficient (Wildman–Crippen LogP) is 4.55. The molecule has 0 aliphatic rings. The zero-order chi connectivity index (χ0) is 15.6. The monoisotopic (exact) mass is 330 g/mol. The zero-order valence-electron chi connectivity index (χ0n) is 10.6. The molecule has 2 aromatic rings. The molecular weight excluding hydrogens is 321 g/mol. The number of aliphatic hydroxyl groups is 1. The van der Waals surface area contributed by atoms with Crippen molar-refractivity contribution in [3.63, 3.8) is 0 Å². The van der Waals surface area contributed by atoms with Gasteiger partial charge in [0, 0.05) is 21.2 Å². The van der Waals surface area contributed by atoms with Crippen LogP contribution in [0, 0.1) is 0 Å². The Morgan fingerprint density at radius 2 is 1.71 bits per heavy atom. The summed E-state index contributed by atoms with van der Waals surface area (Å²) in [6, 6.07) is 10.7. The molecule has 0 spiro atoms. The van der Waals surface area contributed by atoms with Crippen LogP contribution in [0.4, 0.5) is 8.78 Å². The fourth-order valence-corrected chi connectivity index (χ4v) is 2.34. The first kappa shape index (κ1) is 15.9. The van der Waals surface area contributed by atoms with E-state index in [9.17, 15) is 18.7 Å². The Morgan fingerprint density at radius 3 is 2.29 bits per heavy atom. The molecule has 0 aliphatic carbocycles. The van der Waals surface area contributed by atoms with Crippen LogP contribution in [0.15, 0.2) is 48.5 Å². The van der Waals surface area contributed by atoms with Crippen molar-refractivity contribution < 1.29 is 18.7 Å². The van der Waals surface area contributed by atoms with Gasteiger partial charge < -0.3 is 5.11 Å². The van der Waals surface area contributed by atoms with Gasteiger partial charge in [-0.15, -0.1) is 0 Å². The van der Waals surface area contributed by atoms with E-state index < -0.39 is 17.8 Å². The molecule has 21 heavy (non-hydrogen) atoms. The van der Waals surface area contributed by atoms with E-state index in [-0.39, 0.29) is 21.2 Å². The van der Waals surface area contributed by atoms with Crippen LogP contribution in [0.25, 0.3) is 0 Å². The molecule has 6 heteroatoms. The number of carbonyl (C=O) groups excluding carboxylic acids is 1. The van der Waals surface area contributed by atoms with Gasteiger partial charge >= 0.3 is 5.92 Å². The second kappa shape index (κ2) is 6.10. The summed E-state index contributed by atoms with van der Waals surface area (Å²) in [4.78, 5) is 11.9. The van der Waals surface area contributed by atoms with Crippen molar-refractivity contribution in [3.05, 3.63) is 69.7 Å². The SMILES string of the molecule is O=C(c1ccccc1)C(F)(F)C(O)c1ccc(Cl)cc1Cl. The summed E-state index contributed by atoms with van der Waals surface area (Å²) in [5.74, 6) is -5.47. The number of aliphatic hydroxyl groups excluding tert-OH is 1. The third-order valence-electron chi connectivity index (χ3n) is 2.94. The number of hydrogen-bond acceptors (Lipinski definition) is 2. The molecule has 1 atom stereocenters. The number of carbonyl (C=O) groups is 1. The first-order chi connectivity index (χ1) is 9.84. The van der Waals surface area contributed by atoms with E-state index >= 15 is 0 Å². The van der Waals surface area contributed by atoms with Crippen LogP contribution in [0.2, 0.25) is 10.0 Å². The van der Waals surface area contributed by atoms with Gasteiger partial charge in [0.15, 0.2) is 6.10 Å². The van der Waals surface area contributed by atoms with Gasteiger partial charge in [0.1, 0.15) is 0 Å². The molecule has 1 unspecified atom stereocenters. The molecule has 0 radical (unpaired) electrons. The average molecular weight is 331 g/mol. The van der Waals surface area contributed by atoms with Gasteiger partial charge in [-0.3, -0.25) is 4.79 Å². The number of ketones is 1. The lowest BCUT2D eigenvalue weighted by Gasteiger charge is -2.22. The van der Waals surface area contributed by atoms with Gasteiger partial charge in [0.25, 0.3) is 0 Å². The Hall–Kier alpha value is -1.49. The molecule has 0 aromatic heterocycles. The summed E-state index contributed by atoms with van der Waals surface area (Å²) >= 11 is 11.5. The summed E-state index contributed by atoms with van der Waals surface area (Å²) in [5, 5.41) is 9.97. The zero-order valence-corrected chi connectivity index (χ0v) is 12.1. The normalized spacial score (nSPS) is 13.0. The maximum Gasteiger partial charge on any atom is 0.339 e. The highest BCUT2D eigenvalue weighted by molar-refractivity contribution is 6.35. The van der Waals surface area contributed by atoms with Crippen LogP contribution >= 0.6 is 23.2 Å². The van der Waals surface area contributed by atoms with Crippen LogP contribution in [0.3, 0.4) is 0 Å². The first-order valence-corrected chi connectivity index (χ1v) is 6.70. The highest BCUT2D eigenvalue weighted by atomic mass is 35.5. The minimum atomic E-state index is -4.00. The molecule has 0 saturated heterocycles. The van der Waals surface area contributed by atoms with Crippen LogP contribution in [-0.2, 0) is 0 Å². The van der Waals surface area contributed by atoms with Crippen molar-refractivity contribution in [2.45, 2.75) is 12.0 Å². The highest BCUT2D eigenvalue weighted by Crippen LogP contribution is 2.38. The molecule has 0 fully saturated rings. The molecule has 0 saturated carbocycles. The van der Waals surface area contributed by atoms with Crippen molar-refractivity contribution in [3.8, 4) is 0 Å². The highest BCUT2D eigenvalue weighted by Gasteiger charge is 2.48. The maximum absolute atomic E-state index is 14.2. The summed E-state index contributed by atoms with van der Waals surface area (Å²) in [6.45, 7) is 0. The van der Waals surface area contributed by atoms with E-state index in [4.69, 9.17) is 23.2 Å². The van der Waals surface area contributed by atoms with Gasteiger partial charge in [-0.25, -0.2) is 0 Å². The Kier molecular flexibility index (Phi) is 4.61. The van der Waals surface area contributed by atoms with Crippen molar-refractivity contribution >= 4 is 29.0 Å². The Balaban J connectivity index is 2.36. The lowest BCUT2D eigenvalue weighted by molar-refractivity contribution is -0.0792. The molecule has 2 nitrogen and oxygen atoms in total. The lowest BCUT2D eigenvalue weighted by atomic mass is 9.96. The summed E-state index contributed by atoms with van der Waals surface area (Å²) in [5.41, 5.74) is -0.443. The van der Waals surface area contributed by atoms with E-state index in [1.165, 1.54) is 42.5 Å². The maximum atomic E-state index is 14.2. The second-order valence-electron chi connectivity index (χ2n) is 4.39. The quantitative estimate of drug-likeness (QED) is 0.835. The van der Waals surface area contributed by atoms with Gasteiger partial charge in [-0.05, 0) is 12.1 Å². The second-order valence-corrected chi connectivity index (χ2v) is 5.23. The fraction of sp³-hybridized carbons (Fsp3) is 0.133. The summed E-state index contributed by atoms with van der Waals surface area (Å²) in [7, 11) is 0. The van der Waals surface area contributed by atoms with E-state index in [1.54, 1.807) is 6.07 Å². The Bertz CT molecular complexity index is 660. The largest absolute Gasteiger partial charge is 0.381 e. The summed E-state index contributed by atoms with van der Waals surface area (Å²) < 4.78 is 28.3. The molecule has 0 aliphatic heterocycles. The number of benzene rings is 2. The molecular formula is C15H10Cl2F2O2. The minimum Gasteiger partial charge on any atom is -0.381 e. The summed E-state index contributed by atoms with van der Waals surface area (Å²) in [6.07, 6.45) is -2.35.